The van der Waals surface area contributed by atoms with Gasteiger partial charge in [0.1, 0.15) is 6.42 Å². The second kappa shape index (κ2) is 10.2. The van der Waals surface area contributed by atoms with E-state index in [4.69, 9.17) is 5.73 Å². The van der Waals surface area contributed by atoms with Crippen molar-refractivity contribution >= 4 is 27.6 Å². The zero-order chi connectivity index (χ0) is 24.3. The minimum atomic E-state index is -4.23. The first-order valence-electron chi connectivity index (χ1n) is 11.3. The van der Waals surface area contributed by atoms with Gasteiger partial charge >= 0.3 is 15.0 Å². The maximum Gasteiger partial charge on any atom is 0.323 e. The molecule has 2 heterocycles. The van der Waals surface area contributed by atoms with Crippen LogP contribution in [0.25, 0.3) is 0 Å². The van der Waals surface area contributed by atoms with E-state index < -0.39 is 57.7 Å². The molecule has 2 amide bonds. The van der Waals surface area contributed by atoms with Crippen molar-refractivity contribution in [2.45, 2.75) is 81.9 Å². The molecule has 182 valence electrons. The van der Waals surface area contributed by atoms with E-state index in [1.54, 1.807) is 6.92 Å². The summed E-state index contributed by atoms with van der Waals surface area (Å²) < 4.78 is 27.7. The molecule has 1 aliphatic carbocycles. The van der Waals surface area contributed by atoms with Gasteiger partial charge in [0, 0.05) is 24.2 Å². The number of carbonyl (C=O) groups is 3. The molecule has 0 radical (unpaired) electrons. The first-order chi connectivity index (χ1) is 15.5. The normalized spacial score (nSPS) is 27.0. The highest BCUT2D eigenvalue weighted by Gasteiger charge is 2.43. The minimum Gasteiger partial charge on any atom is -0.618 e. The number of carbonyl (C=O) groups excluding carboxylic acids is 3. The fraction of sp³-hybridized carbons (Fsp3) is 0.636. The van der Waals surface area contributed by atoms with Gasteiger partial charge < -0.3 is 15.8 Å². The van der Waals surface area contributed by atoms with E-state index in [0.29, 0.717) is 25.2 Å². The van der Waals surface area contributed by atoms with Crippen molar-refractivity contribution in [2.24, 2.45) is 11.7 Å². The van der Waals surface area contributed by atoms with Gasteiger partial charge in [-0.05, 0) is 57.4 Å². The Hall–Kier alpha value is -2.53. The third-order valence-corrected chi connectivity index (χ3v) is 8.67. The topological polar surface area (TPSA) is 145 Å². The van der Waals surface area contributed by atoms with Crippen LogP contribution >= 0.6 is 0 Å². The lowest BCUT2D eigenvalue weighted by molar-refractivity contribution is -0.646. The van der Waals surface area contributed by atoms with Crippen LogP contribution in [0.3, 0.4) is 0 Å². The van der Waals surface area contributed by atoms with Gasteiger partial charge in [-0.15, -0.1) is 0 Å². The molecule has 1 aromatic rings. The van der Waals surface area contributed by atoms with Crippen LogP contribution in [-0.2, 0) is 24.4 Å². The van der Waals surface area contributed by atoms with Crippen molar-refractivity contribution in [1.82, 2.24) is 9.21 Å². The molecule has 1 saturated heterocycles. The lowest BCUT2D eigenvalue weighted by atomic mass is 9.85. The van der Waals surface area contributed by atoms with Crippen molar-refractivity contribution in [1.29, 1.82) is 0 Å². The molecule has 3 rings (SSSR count). The molecule has 10 nitrogen and oxygen atoms in total. The van der Waals surface area contributed by atoms with Crippen LogP contribution in [0.1, 0.15) is 58.8 Å². The van der Waals surface area contributed by atoms with E-state index in [1.165, 1.54) is 23.1 Å². The number of aromatic nitrogens is 1. The second-order valence-electron chi connectivity index (χ2n) is 9.18. The van der Waals surface area contributed by atoms with Gasteiger partial charge in [-0.25, -0.2) is 8.42 Å². The molecular weight excluding hydrogens is 448 g/mol. The van der Waals surface area contributed by atoms with Crippen LogP contribution in [0.5, 0.6) is 0 Å². The summed E-state index contributed by atoms with van der Waals surface area (Å²) in [6.07, 6.45) is 4.43. The van der Waals surface area contributed by atoms with Gasteiger partial charge in [0.05, 0.1) is 12.6 Å². The van der Waals surface area contributed by atoms with Crippen molar-refractivity contribution in [3.05, 3.63) is 29.6 Å². The van der Waals surface area contributed by atoms with Gasteiger partial charge in [-0.2, -0.15) is 9.04 Å². The van der Waals surface area contributed by atoms with Gasteiger partial charge in [-0.1, -0.05) is 6.92 Å². The lowest BCUT2D eigenvalue weighted by Crippen LogP contribution is -2.53. The first-order valence-corrected chi connectivity index (χ1v) is 12.8. The maximum absolute atomic E-state index is 13.4. The molecule has 0 bridgehead atoms. The Bertz CT molecular complexity index is 1010. The number of nitrogens with two attached hydrogens (primary N) is 1. The van der Waals surface area contributed by atoms with Crippen LogP contribution in [0, 0.1) is 11.1 Å². The van der Waals surface area contributed by atoms with Crippen LogP contribution in [-0.4, -0.2) is 59.9 Å². The average molecular weight is 481 g/mol. The van der Waals surface area contributed by atoms with Crippen LogP contribution < -0.4 is 10.5 Å². The number of pyridine rings is 1. The van der Waals surface area contributed by atoms with Crippen LogP contribution in [0.2, 0.25) is 0 Å². The predicted molar refractivity (Wildman–Crippen MR) is 119 cm³/mol. The second-order valence-corrected chi connectivity index (χ2v) is 11.0. The number of hydrogen-bond acceptors (Lipinski definition) is 6. The number of ketones is 1. The highest BCUT2D eigenvalue weighted by molar-refractivity contribution is 7.89. The molecule has 1 saturated carbocycles. The molecule has 1 unspecified atom stereocenters. The molecule has 2 aliphatic rings. The smallest absolute Gasteiger partial charge is 0.323 e. The van der Waals surface area contributed by atoms with E-state index in [9.17, 15) is 28.0 Å². The Labute approximate surface area is 194 Å². The fourth-order valence-corrected chi connectivity index (χ4v) is 6.52. The lowest BCUT2D eigenvalue weighted by Gasteiger charge is -2.40. The Morgan fingerprint density at radius 3 is 2.42 bits per heavy atom. The molecule has 2 atom stereocenters. The summed E-state index contributed by atoms with van der Waals surface area (Å²) in [7, 11) is -4.23. The fourth-order valence-electron chi connectivity index (χ4n) is 4.86. The molecule has 2 fully saturated rings. The van der Waals surface area contributed by atoms with Crippen molar-refractivity contribution in [3.8, 4) is 0 Å². The molecule has 0 spiro atoms. The third kappa shape index (κ3) is 5.52. The Morgan fingerprint density at radius 1 is 1.15 bits per heavy atom. The summed E-state index contributed by atoms with van der Waals surface area (Å²) in [6.45, 7) is 3.37. The van der Waals surface area contributed by atoms with Crippen molar-refractivity contribution in [3.63, 3.8) is 0 Å². The number of hydrogen-bond donors (Lipinski definition) is 1. The van der Waals surface area contributed by atoms with Gasteiger partial charge in [-0.3, -0.25) is 14.4 Å². The van der Waals surface area contributed by atoms with Crippen LogP contribution in [0.15, 0.2) is 29.4 Å². The number of sulfonamides is 1. The minimum absolute atomic E-state index is 0.196. The van der Waals surface area contributed by atoms with E-state index in [-0.39, 0.29) is 17.2 Å². The summed E-state index contributed by atoms with van der Waals surface area (Å²) in [5, 5.41) is 11.7. The Morgan fingerprint density at radius 2 is 1.82 bits per heavy atom. The zero-order valence-corrected chi connectivity index (χ0v) is 19.9. The Kier molecular flexibility index (Phi) is 7.73. The SMILES string of the molecule is CC1CCC(N(C(=O)CC(N)=O)C2CC[C@@H](C)N(S(=O)(=O)c3cccc[n+]3[O-])CC2=O)CC1. The number of Topliss-reactive ketones (excluding diaryl/α,β-unsaturated/α-hetero) is 1. The van der Waals surface area contributed by atoms with E-state index >= 15 is 0 Å². The van der Waals surface area contributed by atoms with Gasteiger partial charge in [0.25, 0.3) is 0 Å². The standard InChI is InChI=1S/C22H32N4O6S/c1-15-6-9-17(10-7-15)26(21(29)13-20(23)28)18-11-8-16(2)25(14-19(18)27)33(31,32)22-5-3-4-12-24(22)30/h3-5,12,15-18H,6-11,13-14H2,1-2H3,(H2,23,28)/t15?,16-,17?,18?/m1/s1. The summed E-state index contributed by atoms with van der Waals surface area (Å²) >= 11 is 0. The highest BCUT2D eigenvalue weighted by atomic mass is 32.2. The van der Waals surface area contributed by atoms with E-state index in [1.807, 2.05) is 0 Å². The average Bonchev–Trinajstić information content (AvgIpc) is 2.89. The zero-order valence-electron chi connectivity index (χ0n) is 19.1. The third-order valence-electron chi connectivity index (χ3n) is 6.72. The summed E-state index contributed by atoms with van der Waals surface area (Å²) in [6, 6.07) is 2.48. The van der Waals surface area contributed by atoms with Gasteiger partial charge in [0.2, 0.25) is 11.8 Å². The first kappa shape index (κ1) is 25.1. The Balaban J connectivity index is 1.90. The number of amides is 2. The summed E-state index contributed by atoms with van der Waals surface area (Å²) in [5.74, 6) is -1.17. The largest absolute Gasteiger partial charge is 0.618 e. The monoisotopic (exact) mass is 480 g/mol. The van der Waals surface area contributed by atoms with Crippen molar-refractivity contribution < 1.29 is 27.5 Å². The summed E-state index contributed by atoms with van der Waals surface area (Å²) in [5.41, 5.74) is 5.27. The molecule has 1 aromatic heterocycles. The molecule has 2 N–H and O–H groups in total. The van der Waals surface area contributed by atoms with E-state index in [0.717, 1.165) is 23.3 Å². The maximum atomic E-state index is 13.4. The quantitative estimate of drug-likeness (QED) is 0.361. The number of nitrogens with zero attached hydrogens (tertiary/aromatic N) is 3. The molecule has 1 aliphatic heterocycles. The molecular formula is C22H32N4O6S. The summed E-state index contributed by atoms with van der Waals surface area (Å²) in [4.78, 5) is 39.4. The van der Waals surface area contributed by atoms with Gasteiger partial charge in [0.15, 0.2) is 12.0 Å². The molecule has 11 heteroatoms. The number of rotatable bonds is 6. The van der Waals surface area contributed by atoms with Crippen LogP contribution in [0.4, 0.5) is 0 Å². The van der Waals surface area contributed by atoms with E-state index in [2.05, 4.69) is 6.92 Å². The molecule has 33 heavy (non-hydrogen) atoms. The number of primary amides is 1. The highest BCUT2D eigenvalue weighted by Crippen LogP contribution is 2.32. The van der Waals surface area contributed by atoms with Crippen molar-refractivity contribution in [2.75, 3.05) is 6.54 Å². The predicted octanol–water partition coefficient (Wildman–Crippen LogP) is 0.713. The molecule has 0 aromatic carbocycles.